The maximum atomic E-state index is 13.4. The zero-order valence-corrected chi connectivity index (χ0v) is 18.6. The van der Waals surface area contributed by atoms with Crippen LogP contribution in [0.3, 0.4) is 0 Å². The van der Waals surface area contributed by atoms with Crippen molar-refractivity contribution >= 4 is 29.3 Å². The predicted octanol–water partition coefficient (Wildman–Crippen LogP) is 4.72. The van der Waals surface area contributed by atoms with Crippen molar-refractivity contribution in [3.8, 4) is 5.75 Å². The molecule has 0 saturated heterocycles. The van der Waals surface area contributed by atoms with Crippen LogP contribution in [0.25, 0.3) is 0 Å². The van der Waals surface area contributed by atoms with E-state index < -0.39 is 6.04 Å². The van der Waals surface area contributed by atoms with E-state index in [4.69, 9.17) is 9.84 Å². The molecule has 0 radical (unpaired) electrons. The number of fused-ring (bicyclic) bond motifs is 1. The fourth-order valence-electron chi connectivity index (χ4n) is 3.49. The van der Waals surface area contributed by atoms with Crippen LogP contribution in [-0.4, -0.2) is 33.5 Å². The second-order valence-corrected chi connectivity index (χ2v) is 8.23. The van der Waals surface area contributed by atoms with Crippen LogP contribution < -0.4 is 15.4 Å². The maximum absolute atomic E-state index is 13.4. The molecule has 1 unspecified atom stereocenters. The molecule has 3 aromatic rings. The van der Waals surface area contributed by atoms with Crippen molar-refractivity contribution < 1.29 is 9.53 Å². The van der Waals surface area contributed by atoms with Gasteiger partial charge in [-0.3, -0.25) is 4.79 Å². The lowest BCUT2D eigenvalue weighted by Crippen LogP contribution is -2.31. The van der Waals surface area contributed by atoms with E-state index in [9.17, 15) is 4.79 Å². The van der Waals surface area contributed by atoms with Crippen molar-refractivity contribution in [3.05, 3.63) is 71.4 Å². The number of anilines is 2. The van der Waals surface area contributed by atoms with E-state index in [1.165, 1.54) is 0 Å². The van der Waals surface area contributed by atoms with Gasteiger partial charge in [-0.15, -0.1) is 5.10 Å². The summed E-state index contributed by atoms with van der Waals surface area (Å²) in [4.78, 5) is 18.0. The average Bonchev–Trinajstić information content (AvgIpc) is 3.19. The van der Waals surface area contributed by atoms with Gasteiger partial charge in [0.25, 0.3) is 5.91 Å². The Morgan fingerprint density at radius 3 is 2.61 bits per heavy atom. The number of carbonyl (C=O) groups excluding carboxylic acids is 1. The van der Waals surface area contributed by atoms with Gasteiger partial charge in [0.05, 0.1) is 12.7 Å². The molecule has 1 aliphatic rings. The molecule has 0 spiro atoms. The molecule has 0 fully saturated rings. The summed E-state index contributed by atoms with van der Waals surface area (Å²) in [5.74, 6) is 2.14. The second-order valence-electron chi connectivity index (χ2n) is 7.17. The lowest BCUT2D eigenvalue weighted by molar-refractivity contribution is -0.113. The molecule has 1 atom stereocenters. The number of hydrogen-bond donors (Lipinski definition) is 2. The van der Waals surface area contributed by atoms with Crippen molar-refractivity contribution in [3.63, 3.8) is 0 Å². The fourth-order valence-corrected chi connectivity index (χ4v) is 4.18. The average molecular weight is 436 g/mol. The third-order valence-electron chi connectivity index (χ3n) is 4.98. The number of allylic oxidation sites excluding steroid dienone is 1. The second kappa shape index (κ2) is 9.26. The molecule has 2 heterocycles. The number of rotatable bonds is 7. The van der Waals surface area contributed by atoms with Crippen LogP contribution in [0.5, 0.6) is 5.75 Å². The van der Waals surface area contributed by atoms with Crippen LogP contribution >= 0.6 is 11.8 Å². The van der Waals surface area contributed by atoms with E-state index >= 15 is 0 Å². The van der Waals surface area contributed by atoms with E-state index in [2.05, 4.69) is 22.5 Å². The highest BCUT2D eigenvalue weighted by atomic mass is 32.2. The summed E-state index contributed by atoms with van der Waals surface area (Å²) >= 11 is 1.61. The molecule has 1 aromatic heterocycles. The van der Waals surface area contributed by atoms with E-state index in [1.54, 1.807) is 23.6 Å². The lowest BCUT2D eigenvalue weighted by atomic mass is 9.95. The topological polar surface area (TPSA) is 81.1 Å². The molecule has 31 heavy (non-hydrogen) atoms. The van der Waals surface area contributed by atoms with Crippen molar-refractivity contribution in [2.24, 2.45) is 0 Å². The van der Waals surface area contributed by atoms with E-state index in [0.29, 0.717) is 16.7 Å². The standard InChI is InChI=1S/C23H25N5O2S/c1-4-14-31-23-26-22-24-15(2)19(21(29)25-17-8-6-5-7-9-17)20(28(22)27-23)16-10-12-18(30-3)13-11-16/h5-13,20H,4,14H2,1-3H3,(H,25,29)(H,24,26,27). The Hall–Kier alpha value is -3.26. The van der Waals surface area contributed by atoms with Gasteiger partial charge in [-0.25, -0.2) is 4.68 Å². The molecule has 1 aliphatic heterocycles. The van der Waals surface area contributed by atoms with Gasteiger partial charge >= 0.3 is 0 Å². The molecule has 0 bridgehead atoms. The van der Waals surface area contributed by atoms with Crippen LogP contribution in [0.4, 0.5) is 11.6 Å². The van der Waals surface area contributed by atoms with E-state index in [1.807, 2.05) is 61.5 Å². The van der Waals surface area contributed by atoms with Crippen molar-refractivity contribution in [1.82, 2.24) is 14.8 Å². The highest BCUT2D eigenvalue weighted by molar-refractivity contribution is 7.99. The van der Waals surface area contributed by atoms with Crippen molar-refractivity contribution in [2.45, 2.75) is 31.5 Å². The monoisotopic (exact) mass is 435 g/mol. The van der Waals surface area contributed by atoms with Gasteiger partial charge in [-0.05, 0) is 43.2 Å². The number of nitrogens with zero attached hydrogens (tertiary/aromatic N) is 3. The molecule has 160 valence electrons. The fraction of sp³-hybridized carbons (Fsp3) is 0.261. The summed E-state index contributed by atoms with van der Waals surface area (Å²) in [7, 11) is 1.63. The van der Waals surface area contributed by atoms with Crippen LogP contribution in [0.1, 0.15) is 31.9 Å². The summed E-state index contributed by atoms with van der Waals surface area (Å²) in [6.07, 6.45) is 1.03. The molecule has 0 saturated carbocycles. The number of nitrogens with one attached hydrogen (secondary N) is 2. The minimum Gasteiger partial charge on any atom is -0.497 e. The number of methoxy groups -OCH3 is 1. The number of hydrogen-bond acceptors (Lipinski definition) is 6. The zero-order valence-electron chi connectivity index (χ0n) is 17.8. The number of thioether (sulfide) groups is 1. The number of benzene rings is 2. The first kappa shape index (κ1) is 21.0. The molecule has 7 nitrogen and oxygen atoms in total. The van der Waals surface area contributed by atoms with Gasteiger partial charge in [0.2, 0.25) is 11.1 Å². The Labute approximate surface area is 185 Å². The Bertz CT molecular complexity index is 1090. The van der Waals surface area contributed by atoms with Gasteiger partial charge in [0, 0.05) is 17.1 Å². The van der Waals surface area contributed by atoms with Crippen LogP contribution in [-0.2, 0) is 4.79 Å². The Kier molecular flexibility index (Phi) is 6.27. The van der Waals surface area contributed by atoms with Gasteiger partial charge in [0.15, 0.2) is 0 Å². The van der Waals surface area contributed by atoms with Gasteiger partial charge in [0.1, 0.15) is 11.8 Å². The quantitative estimate of drug-likeness (QED) is 0.523. The Morgan fingerprint density at radius 2 is 1.94 bits per heavy atom. The maximum Gasteiger partial charge on any atom is 0.255 e. The molecule has 1 amide bonds. The van der Waals surface area contributed by atoms with Crippen LogP contribution in [0, 0.1) is 0 Å². The molecule has 0 aliphatic carbocycles. The highest BCUT2D eigenvalue weighted by Gasteiger charge is 2.34. The number of amides is 1. The first-order chi connectivity index (χ1) is 15.1. The molecular formula is C23H25N5O2S. The SMILES string of the molecule is CCCSc1nc2n(n1)C(c1ccc(OC)cc1)C(C(=O)Nc1ccccc1)=C(C)N2. The number of aromatic nitrogens is 3. The predicted molar refractivity (Wildman–Crippen MR) is 124 cm³/mol. The minimum absolute atomic E-state index is 0.180. The van der Waals surface area contributed by atoms with Gasteiger partial charge < -0.3 is 15.4 Å². The van der Waals surface area contributed by atoms with Crippen molar-refractivity contribution in [2.75, 3.05) is 23.5 Å². The Balaban J connectivity index is 1.75. The molecule has 2 aromatic carbocycles. The van der Waals surface area contributed by atoms with E-state index in [-0.39, 0.29) is 5.91 Å². The van der Waals surface area contributed by atoms with Crippen LogP contribution in [0.2, 0.25) is 0 Å². The molecular weight excluding hydrogens is 410 g/mol. The summed E-state index contributed by atoms with van der Waals surface area (Å²) in [6, 6.07) is 16.7. The van der Waals surface area contributed by atoms with Gasteiger partial charge in [-0.1, -0.05) is 49.0 Å². The summed E-state index contributed by atoms with van der Waals surface area (Å²) in [5, 5.41) is 11.7. The highest BCUT2D eigenvalue weighted by Crippen LogP contribution is 2.37. The normalized spacial score (nSPS) is 15.3. The number of carbonyl (C=O) groups is 1. The summed E-state index contributed by atoms with van der Waals surface area (Å²) in [5.41, 5.74) is 3.02. The summed E-state index contributed by atoms with van der Waals surface area (Å²) in [6.45, 7) is 4.02. The first-order valence-corrected chi connectivity index (χ1v) is 11.2. The molecule has 2 N–H and O–H groups in total. The first-order valence-electron chi connectivity index (χ1n) is 10.2. The summed E-state index contributed by atoms with van der Waals surface area (Å²) < 4.78 is 7.11. The third kappa shape index (κ3) is 4.44. The minimum atomic E-state index is -0.408. The third-order valence-corrected chi connectivity index (χ3v) is 6.02. The molecule has 4 rings (SSSR count). The van der Waals surface area contributed by atoms with Crippen molar-refractivity contribution in [1.29, 1.82) is 0 Å². The van der Waals surface area contributed by atoms with Gasteiger partial charge in [-0.2, -0.15) is 4.98 Å². The smallest absolute Gasteiger partial charge is 0.255 e. The zero-order chi connectivity index (χ0) is 21.8. The lowest BCUT2D eigenvalue weighted by Gasteiger charge is -2.28. The van der Waals surface area contributed by atoms with Crippen LogP contribution in [0.15, 0.2) is 71.0 Å². The largest absolute Gasteiger partial charge is 0.497 e. The number of para-hydroxylation sites is 1. The van der Waals surface area contributed by atoms with E-state index in [0.717, 1.165) is 34.9 Å². The molecule has 8 heteroatoms. The number of ether oxygens (including phenoxy) is 1. The Morgan fingerprint density at radius 1 is 1.19 bits per heavy atom.